The number of H-pyrrole nitrogens is 1. The molecule has 2 N–H and O–H groups in total. The smallest absolute Gasteiger partial charge is 0.339 e. The molecule has 0 saturated heterocycles. The van der Waals surface area contributed by atoms with Gasteiger partial charge in [-0.25, -0.2) is 4.79 Å². The molecule has 0 aliphatic heterocycles. The fourth-order valence-corrected chi connectivity index (χ4v) is 3.17. The molecule has 6 heteroatoms. The Morgan fingerprint density at radius 2 is 1.74 bits per heavy atom. The molecule has 2 aromatic carbocycles. The lowest BCUT2D eigenvalue weighted by molar-refractivity contribution is 0.0599. The second-order valence-electron chi connectivity index (χ2n) is 6.35. The molecule has 0 fully saturated rings. The van der Waals surface area contributed by atoms with Crippen molar-refractivity contribution in [3.63, 3.8) is 0 Å². The van der Waals surface area contributed by atoms with Crippen LogP contribution in [0.15, 0.2) is 36.4 Å². The van der Waals surface area contributed by atoms with E-state index in [0.29, 0.717) is 29.1 Å². The number of rotatable bonds is 5. The van der Waals surface area contributed by atoms with Gasteiger partial charge in [0.05, 0.1) is 19.8 Å². The zero-order chi connectivity index (χ0) is 19.6. The predicted octanol–water partition coefficient (Wildman–Crippen LogP) is 3.51. The van der Waals surface area contributed by atoms with Crippen molar-refractivity contribution >= 4 is 22.6 Å². The van der Waals surface area contributed by atoms with E-state index in [1.165, 1.54) is 7.11 Å². The Hall–Kier alpha value is -3.28. The summed E-state index contributed by atoms with van der Waals surface area (Å²) in [6.07, 6.45) is 0. The molecule has 1 heterocycles. The second-order valence-corrected chi connectivity index (χ2v) is 6.35. The van der Waals surface area contributed by atoms with Crippen LogP contribution in [0.2, 0.25) is 0 Å². The molecular formula is C21H22N2O4. The highest BCUT2D eigenvalue weighted by Crippen LogP contribution is 2.22. The first-order valence-corrected chi connectivity index (χ1v) is 8.57. The summed E-state index contributed by atoms with van der Waals surface area (Å²) in [6.45, 7) is 3.85. The van der Waals surface area contributed by atoms with Crippen molar-refractivity contribution in [3.05, 3.63) is 64.5 Å². The Balaban J connectivity index is 1.76. The van der Waals surface area contributed by atoms with Crippen molar-refractivity contribution in [1.82, 2.24) is 10.3 Å². The molecule has 0 spiro atoms. The summed E-state index contributed by atoms with van der Waals surface area (Å²) in [6, 6.07) is 11.9. The van der Waals surface area contributed by atoms with E-state index in [1.54, 1.807) is 21.0 Å². The van der Waals surface area contributed by atoms with Crippen LogP contribution < -0.4 is 10.1 Å². The molecule has 3 aromatic rings. The highest BCUT2D eigenvalue weighted by atomic mass is 16.5. The fourth-order valence-electron chi connectivity index (χ4n) is 3.17. The SMILES string of the molecule is COC(=O)c1c(C)[nH]c(C(=O)NCc2ccc3cc(OC)ccc3c2)c1C. The maximum Gasteiger partial charge on any atom is 0.339 e. The minimum absolute atomic E-state index is 0.263. The van der Waals surface area contributed by atoms with E-state index in [4.69, 9.17) is 9.47 Å². The summed E-state index contributed by atoms with van der Waals surface area (Å²) in [5.74, 6) is 0.0911. The van der Waals surface area contributed by atoms with Gasteiger partial charge in [0.1, 0.15) is 11.4 Å². The fraction of sp³-hybridized carbons (Fsp3) is 0.238. The number of amides is 1. The number of benzene rings is 2. The molecule has 0 unspecified atom stereocenters. The van der Waals surface area contributed by atoms with Gasteiger partial charge in [-0.05, 0) is 53.9 Å². The zero-order valence-electron chi connectivity index (χ0n) is 15.8. The number of hydrogen-bond acceptors (Lipinski definition) is 4. The molecule has 3 rings (SSSR count). The minimum atomic E-state index is -0.453. The van der Waals surface area contributed by atoms with E-state index in [0.717, 1.165) is 22.1 Å². The molecule has 0 aliphatic rings. The van der Waals surface area contributed by atoms with E-state index in [9.17, 15) is 9.59 Å². The molecular weight excluding hydrogens is 344 g/mol. The molecule has 0 bridgehead atoms. The van der Waals surface area contributed by atoms with E-state index in [-0.39, 0.29) is 5.91 Å². The number of ether oxygens (including phenoxy) is 2. The number of hydrogen-bond donors (Lipinski definition) is 2. The highest BCUT2D eigenvalue weighted by molar-refractivity contribution is 6.00. The van der Waals surface area contributed by atoms with Gasteiger partial charge in [-0.1, -0.05) is 18.2 Å². The van der Waals surface area contributed by atoms with E-state index >= 15 is 0 Å². The quantitative estimate of drug-likeness (QED) is 0.677. The van der Waals surface area contributed by atoms with Gasteiger partial charge in [0.2, 0.25) is 0 Å². The van der Waals surface area contributed by atoms with Crippen LogP contribution in [-0.2, 0) is 11.3 Å². The third kappa shape index (κ3) is 3.65. The van der Waals surface area contributed by atoms with Gasteiger partial charge >= 0.3 is 5.97 Å². The lowest BCUT2D eigenvalue weighted by Gasteiger charge is -2.08. The van der Waals surface area contributed by atoms with Crippen molar-refractivity contribution < 1.29 is 19.1 Å². The molecule has 1 aromatic heterocycles. The Morgan fingerprint density at radius 3 is 2.44 bits per heavy atom. The lowest BCUT2D eigenvalue weighted by atomic mass is 10.1. The van der Waals surface area contributed by atoms with Gasteiger partial charge in [0.15, 0.2) is 0 Å². The minimum Gasteiger partial charge on any atom is -0.497 e. The molecule has 0 saturated carbocycles. The van der Waals surface area contributed by atoms with E-state index in [2.05, 4.69) is 10.3 Å². The number of carbonyl (C=O) groups is 2. The first kappa shape index (κ1) is 18.5. The molecule has 0 radical (unpaired) electrons. The topological polar surface area (TPSA) is 80.4 Å². The largest absolute Gasteiger partial charge is 0.497 e. The summed E-state index contributed by atoms with van der Waals surface area (Å²) in [5, 5.41) is 5.04. The number of aryl methyl sites for hydroxylation is 1. The second kappa shape index (κ2) is 7.53. The van der Waals surface area contributed by atoms with Crippen LogP contribution in [0.3, 0.4) is 0 Å². The summed E-state index contributed by atoms with van der Waals surface area (Å²) < 4.78 is 10.0. The van der Waals surface area contributed by atoms with Crippen LogP contribution in [0.25, 0.3) is 10.8 Å². The van der Waals surface area contributed by atoms with E-state index in [1.807, 2.05) is 36.4 Å². The molecule has 140 valence electrons. The first-order chi connectivity index (χ1) is 12.9. The number of nitrogens with one attached hydrogen (secondary N) is 2. The van der Waals surface area contributed by atoms with Crippen molar-refractivity contribution in [2.24, 2.45) is 0 Å². The highest BCUT2D eigenvalue weighted by Gasteiger charge is 2.22. The maximum atomic E-state index is 12.6. The number of methoxy groups -OCH3 is 2. The van der Waals surface area contributed by atoms with Gasteiger partial charge in [0, 0.05) is 12.2 Å². The zero-order valence-corrected chi connectivity index (χ0v) is 15.8. The molecule has 6 nitrogen and oxygen atoms in total. The number of aromatic nitrogens is 1. The standard InChI is InChI=1S/C21H22N2O4/c1-12-18(21(25)27-4)13(2)23-19(12)20(24)22-11-14-5-6-16-10-17(26-3)8-7-15(16)9-14/h5-10,23H,11H2,1-4H3,(H,22,24). The Kier molecular flexibility index (Phi) is 5.16. The average Bonchev–Trinajstić information content (AvgIpc) is 2.99. The van der Waals surface area contributed by atoms with Crippen LogP contribution in [0, 0.1) is 13.8 Å². The third-order valence-electron chi connectivity index (χ3n) is 4.62. The predicted molar refractivity (Wildman–Crippen MR) is 103 cm³/mol. The normalized spacial score (nSPS) is 10.7. The monoisotopic (exact) mass is 366 g/mol. The lowest BCUT2D eigenvalue weighted by Crippen LogP contribution is -2.24. The van der Waals surface area contributed by atoms with Crippen LogP contribution in [-0.4, -0.2) is 31.1 Å². The first-order valence-electron chi connectivity index (χ1n) is 8.57. The molecule has 27 heavy (non-hydrogen) atoms. The number of esters is 1. The van der Waals surface area contributed by atoms with Gasteiger partial charge in [-0.3, -0.25) is 4.79 Å². The Bertz CT molecular complexity index is 1020. The van der Waals surface area contributed by atoms with Crippen LogP contribution >= 0.6 is 0 Å². The maximum absolute atomic E-state index is 12.6. The summed E-state index contributed by atoms with van der Waals surface area (Å²) in [7, 11) is 2.96. The van der Waals surface area contributed by atoms with E-state index < -0.39 is 5.97 Å². The van der Waals surface area contributed by atoms with Gasteiger partial charge in [-0.15, -0.1) is 0 Å². The van der Waals surface area contributed by atoms with Crippen molar-refractivity contribution in [1.29, 1.82) is 0 Å². The summed E-state index contributed by atoms with van der Waals surface area (Å²) >= 11 is 0. The van der Waals surface area contributed by atoms with Crippen LogP contribution in [0.1, 0.15) is 37.7 Å². The molecule has 1 amide bonds. The number of aromatic amines is 1. The Morgan fingerprint density at radius 1 is 1.04 bits per heavy atom. The molecule has 0 aliphatic carbocycles. The van der Waals surface area contributed by atoms with Crippen LogP contribution in [0.4, 0.5) is 0 Å². The number of carbonyl (C=O) groups excluding carboxylic acids is 2. The van der Waals surface area contributed by atoms with Crippen molar-refractivity contribution in [3.8, 4) is 5.75 Å². The van der Waals surface area contributed by atoms with Gasteiger partial charge in [-0.2, -0.15) is 0 Å². The van der Waals surface area contributed by atoms with Crippen molar-refractivity contribution in [2.75, 3.05) is 14.2 Å². The Labute approximate surface area is 157 Å². The van der Waals surface area contributed by atoms with Gasteiger partial charge in [0.25, 0.3) is 5.91 Å². The molecule has 0 atom stereocenters. The average molecular weight is 366 g/mol. The van der Waals surface area contributed by atoms with Gasteiger partial charge < -0.3 is 19.8 Å². The third-order valence-corrected chi connectivity index (χ3v) is 4.62. The van der Waals surface area contributed by atoms with Crippen molar-refractivity contribution in [2.45, 2.75) is 20.4 Å². The number of fused-ring (bicyclic) bond motifs is 1. The summed E-state index contributed by atoms with van der Waals surface area (Å²) in [4.78, 5) is 27.4. The van der Waals surface area contributed by atoms with Crippen LogP contribution in [0.5, 0.6) is 5.75 Å². The summed E-state index contributed by atoms with van der Waals surface area (Å²) in [5.41, 5.74) is 2.96.